The summed E-state index contributed by atoms with van der Waals surface area (Å²) in [5.41, 5.74) is 0. The number of phenolic OH excluding ortho intramolecular Hbond substituents is 2. The van der Waals surface area contributed by atoms with Crippen molar-refractivity contribution in [3.63, 3.8) is 0 Å². The minimum absolute atomic E-state index is 0.0158. The lowest BCUT2D eigenvalue weighted by Gasteiger charge is -2.06. The summed E-state index contributed by atoms with van der Waals surface area (Å²) in [7, 11) is -0.0854. The number of benzene rings is 2. The van der Waals surface area contributed by atoms with Crippen LogP contribution in [0.25, 0.3) is 10.8 Å². The van der Waals surface area contributed by atoms with Crippen LogP contribution in [0.4, 0.5) is 0 Å². The van der Waals surface area contributed by atoms with Crippen LogP contribution in [0.1, 0.15) is 0 Å². The zero-order chi connectivity index (χ0) is 11.0. The molecule has 0 atom stereocenters. The van der Waals surface area contributed by atoms with Crippen LogP contribution in [0.3, 0.4) is 0 Å². The molecule has 0 saturated carbocycles. The lowest BCUT2D eigenvalue weighted by Crippen LogP contribution is -1.97. The second kappa shape index (κ2) is 3.66. The maximum atomic E-state index is 9.82. The molecule has 3 heteroatoms. The van der Waals surface area contributed by atoms with Gasteiger partial charge in [-0.05, 0) is 17.5 Å². The Morgan fingerprint density at radius 1 is 1.07 bits per heavy atom. The van der Waals surface area contributed by atoms with Gasteiger partial charge in [0.1, 0.15) is 12.5 Å². The van der Waals surface area contributed by atoms with Crippen molar-refractivity contribution in [2.75, 3.05) is 12.5 Å². The van der Waals surface area contributed by atoms with Crippen LogP contribution in [0, 0.1) is 0 Å². The van der Waals surface area contributed by atoms with Crippen molar-refractivity contribution in [1.82, 2.24) is 0 Å². The molecule has 0 spiro atoms. The highest BCUT2D eigenvalue weighted by molar-refractivity contribution is 7.95. The highest BCUT2D eigenvalue weighted by atomic mass is 32.2. The largest absolute Gasteiger partial charge is 0.504 e. The topological polar surface area (TPSA) is 40.5 Å². The molecule has 2 N–H and O–H groups in total. The van der Waals surface area contributed by atoms with Gasteiger partial charge in [0.25, 0.3) is 0 Å². The molecule has 2 nitrogen and oxygen atoms in total. The fourth-order valence-corrected chi connectivity index (χ4v) is 2.82. The number of phenols is 2. The van der Waals surface area contributed by atoms with E-state index in [4.69, 9.17) is 0 Å². The van der Waals surface area contributed by atoms with E-state index < -0.39 is 0 Å². The first-order chi connectivity index (χ1) is 7.11. The fraction of sp³-hybridized carbons (Fsp3) is 0.167. The third-order valence-electron chi connectivity index (χ3n) is 2.36. The Morgan fingerprint density at radius 2 is 1.73 bits per heavy atom. The standard InChI is InChI=1S/C12H12O2S/c1-15(2)12-9-6-4-3-5-8(9)7-10(13)11(12)14/h3-7H,1-2H3,(H-,13,14)/p+1. The summed E-state index contributed by atoms with van der Waals surface area (Å²) in [6.07, 6.45) is 4.06. The Labute approximate surface area is 91.5 Å². The Morgan fingerprint density at radius 3 is 2.40 bits per heavy atom. The van der Waals surface area contributed by atoms with Gasteiger partial charge in [-0.25, -0.2) is 0 Å². The highest BCUT2D eigenvalue weighted by Crippen LogP contribution is 2.38. The summed E-state index contributed by atoms with van der Waals surface area (Å²) >= 11 is 0. The maximum Gasteiger partial charge on any atom is 0.214 e. The van der Waals surface area contributed by atoms with Crippen LogP contribution in [0.2, 0.25) is 0 Å². The van der Waals surface area contributed by atoms with Gasteiger partial charge < -0.3 is 10.2 Å². The summed E-state index contributed by atoms with van der Waals surface area (Å²) < 4.78 is 0. The van der Waals surface area contributed by atoms with Crippen molar-refractivity contribution >= 4 is 21.7 Å². The highest BCUT2D eigenvalue weighted by Gasteiger charge is 2.21. The second-order valence-corrected chi connectivity index (χ2v) is 5.65. The predicted molar refractivity (Wildman–Crippen MR) is 64.8 cm³/mol. The average molecular weight is 221 g/mol. The van der Waals surface area contributed by atoms with Crippen molar-refractivity contribution in [3.8, 4) is 11.5 Å². The second-order valence-electron chi connectivity index (χ2n) is 3.61. The minimum atomic E-state index is -0.0854. The van der Waals surface area contributed by atoms with Gasteiger partial charge in [-0.15, -0.1) is 0 Å². The summed E-state index contributed by atoms with van der Waals surface area (Å²) in [6, 6.07) is 9.37. The maximum absolute atomic E-state index is 9.82. The van der Waals surface area contributed by atoms with Crippen molar-refractivity contribution in [1.29, 1.82) is 0 Å². The number of fused-ring (bicyclic) bond motifs is 1. The van der Waals surface area contributed by atoms with Crippen LogP contribution in [-0.2, 0) is 10.9 Å². The van der Waals surface area contributed by atoms with E-state index >= 15 is 0 Å². The number of aromatic hydroxyl groups is 2. The molecule has 0 heterocycles. The Kier molecular flexibility index (Phi) is 2.49. The zero-order valence-electron chi connectivity index (χ0n) is 8.69. The van der Waals surface area contributed by atoms with Crippen LogP contribution in [-0.4, -0.2) is 22.7 Å². The zero-order valence-corrected chi connectivity index (χ0v) is 9.51. The van der Waals surface area contributed by atoms with Gasteiger partial charge in [0, 0.05) is 16.3 Å². The summed E-state index contributed by atoms with van der Waals surface area (Å²) in [4.78, 5) is 0.839. The Bertz CT molecular complexity index is 506. The van der Waals surface area contributed by atoms with Crippen molar-refractivity contribution in [3.05, 3.63) is 30.3 Å². The van der Waals surface area contributed by atoms with Crippen molar-refractivity contribution in [2.24, 2.45) is 0 Å². The molecule has 78 valence electrons. The molecule has 0 bridgehead atoms. The van der Waals surface area contributed by atoms with Gasteiger partial charge >= 0.3 is 0 Å². The number of hydrogen-bond donors (Lipinski definition) is 2. The first kappa shape index (κ1) is 10.2. The molecular weight excluding hydrogens is 208 g/mol. The summed E-state index contributed by atoms with van der Waals surface area (Å²) in [5.74, 6) is -0.0214. The lowest BCUT2D eigenvalue weighted by atomic mass is 10.1. The van der Waals surface area contributed by atoms with Crippen LogP contribution in [0.5, 0.6) is 11.5 Å². The minimum Gasteiger partial charge on any atom is -0.504 e. The van der Waals surface area contributed by atoms with Gasteiger partial charge in [0.2, 0.25) is 10.6 Å². The summed E-state index contributed by atoms with van der Waals surface area (Å²) in [5, 5.41) is 21.4. The predicted octanol–water partition coefficient (Wildman–Crippen LogP) is 2.49. The van der Waals surface area contributed by atoms with Gasteiger partial charge in [-0.2, -0.15) is 0 Å². The van der Waals surface area contributed by atoms with Gasteiger partial charge in [0.15, 0.2) is 5.75 Å². The fourth-order valence-electron chi connectivity index (χ4n) is 1.70. The van der Waals surface area contributed by atoms with E-state index in [1.165, 1.54) is 0 Å². The molecule has 0 saturated heterocycles. The monoisotopic (exact) mass is 221 g/mol. The van der Waals surface area contributed by atoms with Gasteiger partial charge in [0.05, 0.1) is 0 Å². The molecule has 0 fully saturated rings. The van der Waals surface area contributed by atoms with E-state index in [1.54, 1.807) is 6.07 Å². The van der Waals surface area contributed by atoms with Crippen molar-refractivity contribution in [2.45, 2.75) is 4.90 Å². The van der Waals surface area contributed by atoms with E-state index in [0.717, 1.165) is 15.7 Å². The molecule has 15 heavy (non-hydrogen) atoms. The lowest BCUT2D eigenvalue weighted by molar-refractivity contribution is 0.396. The van der Waals surface area contributed by atoms with E-state index in [0.29, 0.717) is 0 Å². The number of rotatable bonds is 1. The molecule has 0 aliphatic rings. The molecule has 2 aromatic rings. The number of hydrogen-bond acceptors (Lipinski definition) is 2. The van der Waals surface area contributed by atoms with Crippen molar-refractivity contribution < 1.29 is 10.2 Å². The first-order valence-corrected chi connectivity index (χ1v) is 6.66. The molecule has 0 unspecified atom stereocenters. The molecular formula is C12H13O2S+. The van der Waals surface area contributed by atoms with E-state index in [2.05, 4.69) is 0 Å². The third-order valence-corrected chi connectivity index (χ3v) is 3.59. The van der Waals surface area contributed by atoms with Crippen LogP contribution < -0.4 is 0 Å². The van der Waals surface area contributed by atoms with E-state index in [-0.39, 0.29) is 22.4 Å². The van der Waals surface area contributed by atoms with E-state index in [9.17, 15) is 10.2 Å². The SMILES string of the molecule is C[S+](C)c1c(O)c(O)cc2ccccc12. The molecule has 0 amide bonds. The van der Waals surface area contributed by atoms with Crippen LogP contribution in [0.15, 0.2) is 35.2 Å². The quantitative estimate of drug-likeness (QED) is 0.573. The van der Waals surface area contributed by atoms with Crippen LogP contribution >= 0.6 is 0 Å². The Balaban J connectivity index is 2.89. The normalized spacial score (nSPS) is 11.1. The Hall–Kier alpha value is -1.35. The first-order valence-electron chi connectivity index (χ1n) is 4.62. The molecule has 2 aromatic carbocycles. The molecule has 0 aromatic heterocycles. The molecule has 0 aliphatic heterocycles. The van der Waals surface area contributed by atoms with Gasteiger partial charge in [-0.1, -0.05) is 18.2 Å². The molecule has 2 rings (SSSR count). The third kappa shape index (κ3) is 1.63. The molecule has 0 aliphatic carbocycles. The summed E-state index contributed by atoms with van der Waals surface area (Å²) in [6.45, 7) is 0. The van der Waals surface area contributed by atoms with E-state index in [1.807, 2.05) is 36.8 Å². The molecule has 0 radical (unpaired) electrons. The van der Waals surface area contributed by atoms with Gasteiger partial charge in [-0.3, -0.25) is 0 Å². The average Bonchev–Trinajstić information content (AvgIpc) is 2.19. The smallest absolute Gasteiger partial charge is 0.214 e.